The lowest BCUT2D eigenvalue weighted by molar-refractivity contribution is 0.0940. The van der Waals surface area contributed by atoms with Gasteiger partial charge in [-0.3, -0.25) is 9.59 Å². The maximum absolute atomic E-state index is 14.2. The first-order valence-corrected chi connectivity index (χ1v) is 10.5. The van der Waals surface area contributed by atoms with E-state index in [0.29, 0.717) is 10.6 Å². The second-order valence-electron chi connectivity index (χ2n) is 7.50. The highest BCUT2D eigenvalue weighted by atomic mass is 35.5. The van der Waals surface area contributed by atoms with Gasteiger partial charge in [0.25, 0.3) is 11.5 Å². The Kier molecular flexibility index (Phi) is 6.02. The van der Waals surface area contributed by atoms with E-state index in [0.717, 1.165) is 16.2 Å². The fourth-order valence-electron chi connectivity index (χ4n) is 3.56. The van der Waals surface area contributed by atoms with Crippen LogP contribution in [0.25, 0.3) is 16.6 Å². The van der Waals surface area contributed by atoms with Gasteiger partial charge in [0.1, 0.15) is 5.82 Å². The largest absolute Gasteiger partial charge is 0.386 e. The Hall–Kier alpha value is -3.91. The molecule has 4 aromatic rings. The number of halogens is 2. The number of carbonyl (C=O) groups is 1. The maximum atomic E-state index is 14.2. The number of fused-ring (bicyclic) bond motifs is 1. The number of hydrogen-bond donors (Lipinski definition) is 3. The van der Waals surface area contributed by atoms with Gasteiger partial charge in [-0.05, 0) is 61.0 Å². The fourth-order valence-corrected chi connectivity index (χ4v) is 3.76. The number of carbonyl (C=O) groups excluding carboxylic acids is 1. The third-order valence-corrected chi connectivity index (χ3v) is 5.57. The Labute approximate surface area is 192 Å². The molecule has 0 saturated heterocycles. The zero-order valence-electron chi connectivity index (χ0n) is 17.8. The second kappa shape index (κ2) is 8.91. The first-order valence-electron chi connectivity index (χ1n) is 10.1. The topological polar surface area (TPSA) is 96.0 Å². The van der Waals surface area contributed by atoms with E-state index in [-0.39, 0.29) is 34.2 Å². The molecule has 0 spiro atoms. The van der Waals surface area contributed by atoms with Crippen LogP contribution in [0.3, 0.4) is 0 Å². The zero-order chi connectivity index (χ0) is 23.7. The number of hydrogen-bond acceptors (Lipinski definition) is 4. The number of amides is 1. The van der Waals surface area contributed by atoms with Gasteiger partial charge in [0.05, 0.1) is 28.3 Å². The molecule has 0 fully saturated rings. The molecule has 1 aromatic heterocycles. The van der Waals surface area contributed by atoms with E-state index in [1.165, 1.54) is 37.4 Å². The number of aromatic nitrogens is 2. The van der Waals surface area contributed by atoms with Crippen LogP contribution in [0.1, 0.15) is 28.9 Å². The van der Waals surface area contributed by atoms with Crippen molar-refractivity contribution in [2.24, 2.45) is 0 Å². The lowest BCUT2D eigenvalue weighted by atomic mass is 10.1. The number of rotatable bonds is 5. The summed E-state index contributed by atoms with van der Waals surface area (Å²) in [6.07, 6.45) is 0. The molecule has 0 bridgehead atoms. The van der Waals surface area contributed by atoms with Crippen LogP contribution in [0.15, 0.2) is 70.3 Å². The van der Waals surface area contributed by atoms with E-state index < -0.39 is 17.1 Å². The summed E-state index contributed by atoms with van der Waals surface area (Å²) in [7, 11) is 1.54. The van der Waals surface area contributed by atoms with Crippen molar-refractivity contribution in [3.05, 3.63) is 103 Å². The Morgan fingerprint density at radius 2 is 1.82 bits per heavy atom. The van der Waals surface area contributed by atoms with Gasteiger partial charge < -0.3 is 15.6 Å². The third-order valence-electron chi connectivity index (χ3n) is 5.34. The molecule has 1 heterocycles. The van der Waals surface area contributed by atoms with Gasteiger partial charge in [0.2, 0.25) is 0 Å². The summed E-state index contributed by atoms with van der Waals surface area (Å²) in [5, 5.41) is 6.15. The monoisotopic (exact) mass is 466 g/mol. The molecule has 1 atom stereocenters. The smallest absolute Gasteiger partial charge is 0.333 e. The van der Waals surface area contributed by atoms with E-state index in [1.54, 1.807) is 18.2 Å². The van der Waals surface area contributed by atoms with Crippen molar-refractivity contribution in [3.63, 3.8) is 0 Å². The standard InChI is InChI=1S/C24H20ClFN4O3/c1-13(15-4-3-5-16(25)10-15)28-22(31)14-6-8-17(9-7-14)30-23(32)18-11-19(26)21(27-2)12-20(18)29-24(30)33/h3-13,27H,1-2H3,(H,28,31)(H,29,33). The van der Waals surface area contributed by atoms with Gasteiger partial charge in [0, 0.05) is 17.6 Å². The molecule has 4 rings (SSSR count). The molecule has 3 N–H and O–H groups in total. The molecule has 1 amide bonds. The van der Waals surface area contributed by atoms with Gasteiger partial charge in [-0.15, -0.1) is 0 Å². The molecule has 9 heteroatoms. The zero-order valence-corrected chi connectivity index (χ0v) is 18.5. The summed E-state index contributed by atoms with van der Waals surface area (Å²) in [4.78, 5) is 40.7. The first-order chi connectivity index (χ1) is 15.8. The van der Waals surface area contributed by atoms with Crippen LogP contribution in [0, 0.1) is 5.82 Å². The number of nitrogens with zero attached hydrogens (tertiary/aromatic N) is 1. The SMILES string of the molecule is CNc1cc2[nH]c(=O)n(-c3ccc(C(=O)NC(C)c4cccc(Cl)c4)cc3)c(=O)c2cc1F. The average Bonchev–Trinajstić information content (AvgIpc) is 2.79. The molecule has 7 nitrogen and oxygen atoms in total. The van der Waals surface area contributed by atoms with Gasteiger partial charge in [0.15, 0.2) is 0 Å². The van der Waals surface area contributed by atoms with E-state index in [9.17, 15) is 18.8 Å². The fraction of sp³-hybridized carbons (Fsp3) is 0.125. The summed E-state index contributed by atoms with van der Waals surface area (Å²) < 4.78 is 15.1. The Bertz CT molecular complexity index is 1480. The predicted molar refractivity (Wildman–Crippen MR) is 127 cm³/mol. The minimum absolute atomic E-state index is 0.0308. The lowest BCUT2D eigenvalue weighted by Gasteiger charge is -2.15. The van der Waals surface area contributed by atoms with Crippen molar-refractivity contribution in [3.8, 4) is 5.69 Å². The van der Waals surface area contributed by atoms with Gasteiger partial charge >= 0.3 is 5.69 Å². The van der Waals surface area contributed by atoms with Crippen LogP contribution in [0.2, 0.25) is 5.02 Å². The minimum Gasteiger partial charge on any atom is -0.386 e. The van der Waals surface area contributed by atoms with Crippen LogP contribution in [0.5, 0.6) is 0 Å². The summed E-state index contributed by atoms with van der Waals surface area (Å²) in [5.41, 5.74) is 0.504. The van der Waals surface area contributed by atoms with Crippen LogP contribution in [0.4, 0.5) is 10.1 Å². The summed E-state index contributed by atoms with van der Waals surface area (Å²) in [6, 6.07) is 15.4. The predicted octanol–water partition coefficient (Wildman–Crippen LogP) is 4.00. The van der Waals surface area contributed by atoms with Crippen molar-refractivity contribution in [1.29, 1.82) is 0 Å². The van der Waals surface area contributed by atoms with Crippen LogP contribution >= 0.6 is 11.6 Å². The van der Waals surface area contributed by atoms with Crippen molar-refractivity contribution < 1.29 is 9.18 Å². The highest BCUT2D eigenvalue weighted by molar-refractivity contribution is 6.30. The van der Waals surface area contributed by atoms with E-state index in [2.05, 4.69) is 15.6 Å². The van der Waals surface area contributed by atoms with Crippen LogP contribution in [-0.4, -0.2) is 22.5 Å². The van der Waals surface area contributed by atoms with E-state index in [1.807, 2.05) is 13.0 Å². The number of benzene rings is 3. The normalized spacial score (nSPS) is 11.9. The molecular weight excluding hydrogens is 447 g/mol. The number of anilines is 1. The molecule has 0 aliphatic rings. The van der Waals surface area contributed by atoms with Crippen molar-refractivity contribution in [1.82, 2.24) is 14.9 Å². The van der Waals surface area contributed by atoms with Gasteiger partial charge in [-0.2, -0.15) is 0 Å². The quantitative estimate of drug-likeness (QED) is 0.414. The molecule has 0 radical (unpaired) electrons. The summed E-state index contributed by atoms with van der Waals surface area (Å²) in [5.74, 6) is -0.933. The maximum Gasteiger partial charge on any atom is 0.333 e. The highest BCUT2D eigenvalue weighted by Crippen LogP contribution is 2.20. The molecule has 0 aliphatic heterocycles. The number of nitrogens with one attached hydrogen (secondary N) is 3. The number of aromatic amines is 1. The highest BCUT2D eigenvalue weighted by Gasteiger charge is 2.15. The second-order valence-corrected chi connectivity index (χ2v) is 7.93. The van der Waals surface area contributed by atoms with Crippen molar-refractivity contribution >= 4 is 34.1 Å². The molecule has 1 unspecified atom stereocenters. The Morgan fingerprint density at radius 1 is 1.09 bits per heavy atom. The molecule has 168 valence electrons. The molecular formula is C24H20ClFN4O3. The molecule has 0 saturated carbocycles. The summed E-state index contributed by atoms with van der Waals surface area (Å²) >= 11 is 6.01. The Morgan fingerprint density at radius 3 is 2.48 bits per heavy atom. The van der Waals surface area contributed by atoms with Crippen LogP contribution in [-0.2, 0) is 0 Å². The third kappa shape index (κ3) is 4.38. The first kappa shape index (κ1) is 22.3. The van der Waals surface area contributed by atoms with E-state index >= 15 is 0 Å². The molecule has 33 heavy (non-hydrogen) atoms. The van der Waals surface area contributed by atoms with E-state index in [4.69, 9.17) is 11.6 Å². The molecule has 0 aliphatic carbocycles. The summed E-state index contributed by atoms with van der Waals surface area (Å²) in [6.45, 7) is 1.84. The average molecular weight is 467 g/mol. The van der Waals surface area contributed by atoms with Gasteiger partial charge in [-0.25, -0.2) is 13.8 Å². The molecule has 3 aromatic carbocycles. The minimum atomic E-state index is -0.673. The van der Waals surface area contributed by atoms with Crippen molar-refractivity contribution in [2.75, 3.05) is 12.4 Å². The Balaban J connectivity index is 1.63. The lowest BCUT2D eigenvalue weighted by Crippen LogP contribution is -2.33. The van der Waals surface area contributed by atoms with Gasteiger partial charge in [-0.1, -0.05) is 23.7 Å². The van der Waals surface area contributed by atoms with Crippen molar-refractivity contribution in [2.45, 2.75) is 13.0 Å². The number of H-pyrrole nitrogens is 1. The van der Waals surface area contributed by atoms with Crippen LogP contribution < -0.4 is 21.9 Å².